The van der Waals surface area contributed by atoms with E-state index in [9.17, 15) is 10.2 Å². The molecule has 1 aromatic rings. The van der Waals surface area contributed by atoms with E-state index in [4.69, 9.17) is 0 Å². The van der Waals surface area contributed by atoms with Gasteiger partial charge in [0.1, 0.15) is 5.75 Å². The molecule has 0 heterocycles. The first-order chi connectivity index (χ1) is 12.2. The van der Waals surface area contributed by atoms with Crippen molar-refractivity contribution in [3.8, 4) is 5.75 Å². The van der Waals surface area contributed by atoms with E-state index in [1.807, 2.05) is 12.1 Å². The quantitative estimate of drug-likeness (QED) is 0.501. The van der Waals surface area contributed by atoms with Gasteiger partial charge in [0.05, 0.1) is 6.54 Å². The van der Waals surface area contributed by atoms with Crippen LogP contribution in [0.15, 0.2) is 29.3 Å². The number of phenolic OH excluding ortho intramolecular Hbond substituents is 1. The molecular weight excluding hydrogens is 312 g/mol. The van der Waals surface area contributed by atoms with E-state index >= 15 is 0 Å². The van der Waals surface area contributed by atoms with E-state index in [0.29, 0.717) is 23.6 Å². The van der Waals surface area contributed by atoms with Crippen LogP contribution in [0, 0.1) is 11.8 Å². The lowest BCUT2D eigenvalue weighted by atomic mass is 9.50. The molecule has 4 nitrogen and oxygen atoms in total. The summed E-state index contributed by atoms with van der Waals surface area (Å²) >= 11 is 0. The fourth-order valence-electron chi connectivity index (χ4n) is 5.57. The molecule has 2 aliphatic carbocycles. The van der Waals surface area contributed by atoms with Crippen molar-refractivity contribution < 1.29 is 10.2 Å². The third-order valence-electron chi connectivity index (χ3n) is 6.58. The van der Waals surface area contributed by atoms with E-state index in [1.54, 1.807) is 6.07 Å². The average Bonchev–Trinajstić information content (AvgIpc) is 2.62. The highest BCUT2D eigenvalue weighted by Crippen LogP contribution is 2.56. The van der Waals surface area contributed by atoms with Gasteiger partial charge in [0.25, 0.3) is 0 Å². The molecule has 138 valence electrons. The molecule has 2 bridgehead atoms. The van der Waals surface area contributed by atoms with Gasteiger partial charge in [0, 0.05) is 19.2 Å². The molecule has 0 saturated heterocycles. The second kappa shape index (κ2) is 8.33. The molecule has 2 unspecified atom stereocenters. The lowest BCUT2D eigenvalue weighted by molar-refractivity contribution is 0.0201. The number of hydrogen-bond acceptors (Lipinski definition) is 4. The highest BCUT2D eigenvalue weighted by atomic mass is 16.3. The summed E-state index contributed by atoms with van der Waals surface area (Å²) in [5.74, 6) is 1.58. The van der Waals surface area contributed by atoms with Gasteiger partial charge in [0.2, 0.25) is 0 Å². The summed E-state index contributed by atoms with van der Waals surface area (Å²) < 4.78 is 0. The van der Waals surface area contributed by atoms with E-state index in [0.717, 1.165) is 32.4 Å². The smallest absolute Gasteiger partial charge is 0.115 e. The van der Waals surface area contributed by atoms with Crippen molar-refractivity contribution in [3.63, 3.8) is 0 Å². The normalized spacial score (nSPS) is 31.6. The minimum Gasteiger partial charge on any atom is -0.508 e. The Bertz CT molecular complexity index is 577. The molecule has 0 aliphatic heterocycles. The van der Waals surface area contributed by atoms with Crippen molar-refractivity contribution in [2.75, 3.05) is 19.7 Å². The van der Waals surface area contributed by atoms with Crippen molar-refractivity contribution in [2.24, 2.45) is 16.8 Å². The fourth-order valence-corrected chi connectivity index (χ4v) is 5.57. The predicted molar refractivity (Wildman–Crippen MR) is 102 cm³/mol. The summed E-state index contributed by atoms with van der Waals surface area (Å²) in [6.07, 6.45) is 7.96. The fraction of sp³-hybridized carbons (Fsp3) is 0.667. The summed E-state index contributed by atoms with van der Waals surface area (Å²) in [7, 11) is 0. The van der Waals surface area contributed by atoms with Crippen molar-refractivity contribution in [1.82, 2.24) is 5.32 Å². The standard InChI is InChI=1S/C21H32N2O2/c1-22-12-13-23-20-9-11-21(16-5-2-6-17(25)15-16)10-3-7-18(20)19(21)8-4-14-24/h2,5-6,15,18-20,23-25H,1,3-4,7-14H2/t18-,19?,20?,21-/m1/s1. The second-order valence-corrected chi connectivity index (χ2v) is 7.78. The number of benzene rings is 1. The van der Waals surface area contributed by atoms with Crippen LogP contribution in [0.2, 0.25) is 0 Å². The summed E-state index contributed by atoms with van der Waals surface area (Å²) in [6.45, 7) is 5.51. The van der Waals surface area contributed by atoms with Crippen LogP contribution in [0.1, 0.15) is 50.5 Å². The number of rotatable bonds is 8. The number of phenols is 1. The van der Waals surface area contributed by atoms with Crippen LogP contribution in [0.4, 0.5) is 0 Å². The van der Waals surface area contributed by atoms with Crippen molar-refractivity contribution in [3.05, 3.63) is 29.8 Å². The number of aromatic hydroxyl groups is 1. The largest absolute Gasteiger partial charge is 0.508 e. The SMILES string of the molecule is C=NCCNC1CC[C@@]2(c3cccc(O)c3)CCC[C@@H]1C2CCCO. The number of aliphatic hydroxyl groups is 1. The Morgan fingerprint density at radius 3 is 2.92 bits per heavy atom. The summed E-state index contributed by atoms with van der Waals surface area (Å²) in [4.78, 5) is 3.97. The number of aliphatic imine (C=N–C) groups is 1. The van der Waals surface area contributed by atoms with Gasteiger partial charge in [-0.05, 0) is 80.2 Å². The minimum absolute atomic E-state index is 0.158. The second-order valence-electron chi connectivity index (χ2n) is 7.78. The van der Waals surface area contributed by atoms with Crippen LogP contribution in [-0.2, 0) is 5.41 Å². The van der Waals surface area contributed by atoms with Crippen molar-refractivity contribution in [1.29, 1.82) is 0 Å². The Morgan fingerprint density at radius 2 is 2.16 bits per heavy atom. The molecule has 4 atom stereocenters. The molecule has 0 spiro atoms. The van der Waals surface area contributed by atoms with E-state index in [-0.39, 0.29) is 12.0 Å². The lowest BCUT2D eigenvalue weighted by Crippen LogP contribution is -2.55. The Kier molecular flexibility index (Phi) is 6.13. The summed E-state index contributed by atoms with van der Waals surface area (Å²) in [5, 5.41) is 23.2. The monoisotopic (exact) mass is 344 g/mol. The van der Waals surface area contributed by atoms with Gasteiger partial charge in [-0.2, -0.15) is 0 Å². The maximum Gasteiger partial charge on any atom is 0.115 e. The number of nitrogens with one attached hydrogen (secondary N) is 1. The predicted octanol–water partition coefficient (Wildman–Crippen LogP) is 3.27. The Hall–Kier alpha value is -1.39. The van der Waals surface area contributed by atoms with Gasteiger partial charge in [-0.3, -0.25) is 4.99 Å². The highest BCUT2D eigenvalue weighted by Gasteiger charge is 2.51. The van der Waals surface area contributed by atoms with Crippen LogP contribution in [0.5, 0.6) is 5.75 Å². The zero-order valence-corrected chi connectivity index (χ0v) is 15.2. The Balaban J connectivity index is 1.87. The van der Waals surface area contributed by atoms with Gasteiger partial charge >= 0.3 is 0 Å². The highest BCUT2D eigenvalue weighted by molar-refractivity contribution is 5.35. The summed E-state index contributed by atoms with van der Waals surface area (Å²) in [5.41, 5.74) is 1.46. The van der Waals surface area contributed by atoms with Crippen LogP contribution in [0.25, 0.3) is 0 Å². The van der Waals surface area contributed by atoms with Crippen LogP contribution in [0.3, 0.4) is 0 Å². The van der Waals surface area contributed by atoms with Gasteiger partial charge in [-0.15, -0.1) is 0 Å². The van der Waals surface area contributed by atoms with Gasteiger partial charge < -0.3 is 15.5 Å². The van der Waals surface area contributed by atoms with Crippen LogP contribution >= 0.6 is 0 Å². The first kappa shape index (κ1) is 18.4. The molecule has 2 saturated carbocycles. The molecule has 3 N–H and O–H groups in total. The topological polar surface area (TPSA) is 64.9 Å². The maximum absolute atomic E-state index is 10.0. The number of aliphatic hydroxyl groups excluding tert-OH is 1. The molecular formula is C21H32N2O2. The first-order valence-electron chi connectivity index (χ1n) is 9.77. The molecule has 2 aliphatic rings. The van der Waals surface area contributed by atoms with E-state index in [1.165, 1.54) is 31.2 Å². The minimum atomic E-state index is 0.158. The number of nitrogens with zero attached hydrogens (tertiary/aromatic N) is 1. The molecule has 0 aromatic heterocycles. The van der Waals surface area contributed by atoms with Crippen LogP contribution in [-0.4, -0.2) is 42.7 Å². The van der Waals surface area contributed by atoms with Crippen molar-refractivity contribution in [2.45, 2.75) is 56.4 Å². The maximum atomic E-state index is 10.0. The summed E-state index contributed by atoms with van der Waals surface area (Å²) in [6, 6.07) is 8.45. The third-order valence-corrected chi connectivity index (χ3v) is 6.58. The molecule has 4 heteroatoms. The lowest BCUT2D eigenvalue weighted by Gasteiger charge is -2.56. The average molecular weight is 344 g/mol. The van der Waals surface area contributed by atoms with Crippen molar-refractivity contribution >= 4 is 6.72 Å². The zero-order chi connectivity index (χ0) is 17.7. The van der Waals surface area contributed by atoms with Gasteiger partial charge in [0.15, 0.2) is 0 Å². The van der Waals surface area contributed by atoms with Crippen LogP contribution < -0.4 is 5.32 Å². The Morgan fingerprint density at radius 1 is 1.28 bits per heavy atom. The molecule has 25 heavy (non-hydrogen) atoms. The third kappa shape index (κ3) is 3.75. The van der Waals surface area contributed by atoms with E-state index < -0.39 is 0 Å². The number of fused-ring (bicyclic) bond motifs is 2. The first-order valence-corrected chi connectivity index (χ1v) is 9.77. The zero-order valence-electron chi connectivity index (χ0n) is 15.2. The molecule has 0 amide bonds. The van der Waals surface area contributed by atoms with E-state index in [2.05, 4.69) is 23.1 Å². The van der Waals surface area contributed by atoms with Gasteiger partial charge in [-0.25, -0.2) is 0 Å². The molecule has 3 rings (SSSR count). The number of hydrogen-bond donors (Lipinski definition) is 3. The van der Waals surface area contributed by atoms with Gasteiger partial charge in [-0.1, -0.05) is 18.6 Å². The molecule has 1 aromatic carbocycles. The Labute approximate surface area is 151 Å². The molecule has 2 fully saturated rings. The molecule has 0 radical (unpaired) electrons.